The Hall–Kier alpha value is -1.64. The van der Waals surface area contributed by atoms with Crippen LogP contribution in [-0.4, -0.2) is 17.7 Å². The number of rotatable bonds is 5. The normalized spacial score (nSPS) is 15.8. The Morgan fingerprint density at radius 1 is 1.10 bits per heavy atom. The third-order valence-corrected chi connectivity index (χ3v) is 3.90. The van der Waals surface area contributed by atoms with Crippen LogP contribution < -0.4 is 5.32 Å². The molecular formula is C17H23NO2. The van der Waals surface area contributed by atoms with E-state index in [0.29, 0.717) is 5.56 Å². The van der Waals surface area contributed by atoms with Crippen molar-refractivity contribution in [3.8, 4) is 0 Å². The predicted octanol–water partition coefficient (Wildman–Crippen LogP) is 3.27. The summed E-state index contributed by atoms with van der Waals surface area (Å²) in [6, 6.07) is 7.57. The molecule has 0 heterocycles. The summed E-state index contributed by atoms with van der Waals surface area (Å²) in [6.07, 6.45) is 7.59. The molecule has 0 aromatic heterocycles. The lowest BCUT2D eigenvalue weighted by Gasteiger charge is -2.22. The van der Waals surface area contributed by atoms with Gasteiger partial charge in [-0.3, -0.25) is 9.59 Å². The van der Waals surface area contributed by atoms with Gasteiger partial charge < -0.3 is 5.32 Å². The third-order valence-electron chi connectivity index (χ3n) is 3.90. The zero-order valence-corrected chi connectivity index (χ0v) is 12.2. The van der Waals surface area contributed by atoms with Crippen molar-refractivity contribution in [3.63, 3.8) is 0 Å². The molecule has 0 unspecified atom stereocenters. The van der Waals surface area contributed by atoms with Gasteiger partial charge in [-0.15, -0.1) is 0 Å². The minimum Gasteiger partial charge on any atom is -0.346 e. The first kappa shape index (κ1) is 14.8. The van der Waals surface area contributed by atoms with Crippen molar-refractivity contribution < 1.29 is 9.59 Å². The number of carbonyl (C=O) groups is 2. The van der Waals surface area contributed by atoms with Crippen LogP contribution in [0.1, 0.15) is 61.4 Å². The third kappa shape index (κ3) is 3.92. The minimum atomic E-state index is -0.458. The van der Waals surface area contributed by atoms with Crippen molar-refractivity contribution in [2.24, 2.45) is 0 Å². The van der Waals surface area contributed by atoms with Gasteiger partial charge in [0.2, 0.25) is 5.78 Å². The molecule has 2 rings (SSSR count). The molecule has 0 saturated heterocycles. The Morgan fingerprint density at radius 3 is 2.35 bits per heavy atom. The standard InChI is InChI=1S/C17H23NO2/c1-2-6-13-9-11-14(12-10-13)16(19)17(20)18-15-7-4-3-5-8-15/h9-12,15H,2-8H2,1H3,(H,18,20). The summed E-state index contributed by atoms with van der Waals surface area (Å²) in [5, 5.41) is 2.87. The lowest BCUT2D eigenvalue weighted by molar-refractivity contribution is -0.117. The summed E-state index contributed by atoms with van der Waals surface area (Å²) in [7, 11) is 0. The lowest BCUT2D eigenvalue weighted by Crippen LogP contribution is -2.40. The summed E-state index contributed by atoms with van der Waals surface area (Å²) >= 11 is 0. The monoisotopic (exact) mass is 273 g/mol. The first-order valence-corrected chi connectivity index (χ1v) is 7.65. The van der Waals surface area contributed by atoms with E-state index in [9.17, 15) is 9.59 Å². The zero-order chi connectivity index (χ0) is 14.4. The van der Waals surface area contributed by atoms with E-state index in [1.54, 1.807) is 12.1 Å². The molecule has 0 atom stereocenters. The molecule has 1 fully saturated rings. The molecule has 1 aromatic rings. The van der Waals surface area contributed by atoms with Crippen LogP contribution >= 0.6 is 0 Å². The molecule has 1 saturated carbocycles. The largest absolute Gasteiger partial charge is 0.346 e. The Kier molecular flexibility index (Phi) is 5.33. The Labute approximate surface area is 120 Å². The quantitative estimate of drug-likeness (QED) is 0.661. The second kappa shape index (κ2) is 7.22. The van der Waals surface area contributed by atoms with Gasteiger partial charge in [0.1, 0.15) is 0 Å². The van der Waals surface area contributed by atoms with Crippen molar-refractivity contribution in [2.75, 3.05) is 0 Å². The number of nitrogens with one attached hydrogen (secondary N) is 1. The van der Waals surface area contributed by atoms with E-state index < -0.39 is 11.7 Å². The Morgan fingerprint density at radius 2 is 1.75 bits per heavy atom. The zero-order valence-electron chi connectivity index (χ0n) is 12.2. The van der Waals surface area contributed by atoms with Gasteiger partial charge >= 0.3 is 0 Å². The summed E-state index contributed by atoms with van der Waals surface area (Å²) in [5.74, 6) is -0.876. The average Bonchev–Trinajstić information content (AvgIpc) is 2.48. The number of hydrogen-bond acceptors (Lipinski definition) is 2. The first-order valence-electron chi connectivity index (χ1n) is 7.65. The molecule has 1 aromatic carbocycles. The van der Waals surface area contributed by atoms with Gasteiger partial charge in [0.25, 0.3) is 5.91 Å². The van der Waals surface area contributed by atoms with Gasteiger partial charge in [0.15, 0.2) is 0 Å². The molecule has 1 amide bonds. The number of Topliss-reactive ketones (excluding diaryl/α,β-unsaturated/α-hetero) is 1. The van der Waals surface area contributed by atoms with E-state index >= 15 is 0 Å². The number of amides is 1. The molecule has 108 valence electrons. The van der Waals surface area contributed by atoms with Gasteiger partial charge in [0.05, 0.1) is 0 Å². The molecule has 3 heteroatoms. The summed E-state index contributed by atoms with van der Waals surface area (Å²) in [5.41, 5.74) is 1.69. The van der Waals surface area contributed by atoms with Gasteiger partial charge in [-0.2, -0.15) is 0 Å². The van der Waals surface area contributed by atoms with Crippen molar-refractivity contribution in [1.29, 1.82) is 0 Å². The smallest absolute Gasteiger partial charge is 0.292 e. The number of hydrogen-bond donors (Lipinski definition) is 1. The number of aryl methyl sites for hydroxylation is 1. The van der Waals surface area contributed by atoms with Gasteiger partial charge in [-0.1, -0.05) is 56.9 Å². The van der Waals surface area contributed by atoms with Crippen molar-refractivity contribution in [1.82, 2.24) is 5.32 Å². The topological polar surface area (TPSA) is 46.2 Å². The van der Waals surface area contributed by atoms with E-state index in [0.717, 1.165) is 38.5 Å². The van der Waals surface area contributed by atoms with E-state index in [1.807, 2.05) is 12.1 Å². The fourth-order valence-electron chi connectivity index (χ4n) is 2.74. The predicted molar refractivity (Wildman–Crippen MR) is 79.8 cm³/mol. The van der Waals surface area contributed by atoms with Crippen molar-refractivity contribution >= 4 is 11.7 Å². The molecule has 3 nitrogen and oxygen atoms in total. The SMILES string of the molecule is CCCc1ccc(C(=O)C(=O)NC2CCCCC2)cc1. The fraction of sp³-hybridized carbons (Fsp3) is 0.529. The average molecular weight is 273 g/mol. The van der Waals surface area contributed by atoms with E-state index in [2.05, 4.69) is 12.2 Å². The molecule has 0 aliphatic heterocycles. The van der Waals surface area contributed by atoms with Crippen LogP contribution in [0.25, 0.3) is 0 Å². The van der Waals surface area contributed by atoms with E-state index in [4.69, 9.17) is 0 Å². The highest BCUT2D eigenvalue weighted by atomic mass is 16.2. The van der Waals surface area contributed by atoms with Crippen LogP contribution in [0.2, 0.25) is 0 Å². The molecule has 1 aliphatic rings. The number of carbonyl (C=O) groups excluding carboxylic acids is 2. The van der Waals surface area contributed by atoms with E-state index in [1.165, 1.54) is 12.0 Å². The van der Waals surface area contributed by atoms with Crippen LogP contribution in [0.4, 0.5) is 0 Å². The molecule has 0 spiro atoms. The molecule has 20 heavy (non-hydrogen) atoms. The summed E-state index contributed by atoms with van der Waals surface area (Å²) < 4.78 is 0. The van der Waals surface area contributed by atoms with Gasteiger partial charge in [-0.25, -0.2) is 0 Å². The minimum absolute atomic E-state index is 0.180. The second-order valence-corrected chi connectivity index (χ2v) is 5.58. The second-order valence-electron chi connectivity index (χ2n) is 5.58. The van der Waals surface area contributed by atoms with Crippen LogP contribution in [0.3, 0.4) is 0 Å². The lowest BCUT2D eigenvalue weighted by atomic mass is 9.95. The van der Waals surface area contributed by atoms with E-state index in [-0.39, 0.29) is 6.04 Å². The van der Waals surface area contributed by atoms with Gasteiger partial charge in [0, 0.05) is 11.6 Å². The molecule has 1 N–H and O–H groups in total. The highest BCUT2D eigenvalue weighted by Gasteiger charge is 2.21. The maximum atomic E-state index is 12.1. The van der Waals surface area contributed by atoms with Crippen LogP contribution in [0, 0.1) is 0 Å². The number of benzene rings is 1. The Bertz CT molecular complexity index is 458. The molecule has 0 bridgehead atoms. The van der Waals surface area contributed by atoms with Crippen LogP contribution in [0.15, 0.2) is 24.3 Å². The molecular weight excluding hydrogens is 250 g/mol. The van der Waals surface area contributed by atoms with Crippen LogP contribution in [0.5, 0.6) is 0 Å². The summed E-state index contributed by atoms with van der Waals surface area (Å²) in [6.45, 7) is 2.12. The maximum absolute atomic E-state index is 12.1. The van der Waals surface area contributed by atoms with Crippen LogP contribution in [-0.2, 0) is 11.2 Å². The first-order chi connectivity index (χ1) is 9.70. The summed E-state index contributed by atoms with van der Waals surface area (Å²) in [4.78, 5) is 24.0. The molecule has 1 aliphatic carbocycles. The van der Waals surface area contributed by atoms with Gasteiger partial charge in [-0.05, 0) is 24.8 Å². The van der Waals surface area contributed by atoms with Crippen molar-refractivity contribution in [3.05, 3.63) is 35.4 Å². The fourth-order valence-corrected chi connectivity index (χ4v) is 2.74. The number of ketones is 1. The van der Waals surface area contributed by atoms with Crippen molar-refractivity contribution in [2.45, 2.75) is 57.9 Å². The maximum Gasteiger partial charge on any atom is 0.292 e. The highest BCUT2D eigenvalue weighted by Crippen LogP contribution is 2.17. The Balaban J connectivity index is 1.93. The molecule has 0 radical (unpaired) electrons. The highest BCUT2D eigenvalue weighted by molar-refractivity contribution is 6.42.